The van der Waals surface area contributed by atoms with E-state index in [2.05, 4.69) is 6.58 Å². The number of ether oxygens (including phenoxy) is 2. The molecule has 0 fully saturated rings. The summed E-state index contributed by atoms with van der Waals surface area (Å²) < 4.78 is 11.2. The van der Waals surface area contributed by atoms with E-state index in [1.807, 2.05) is 26.0 Å². The van der Waals surface area contributed by atoms with Crippen molar-refractivity contribution in [2.45, 2.75) is 20.8 Å². The molecule has 0 heterocycles. The fourth-order valence-corrected chi connectivity index (χ4v) is 2.61. The molecule has 2 rings (SSSR count). The van der Waals surface area contributed by atoms with E-state index in [9.17, 15) is 9.59 Å². The minimum atomic E-state index is -0.546. The van der Waals surface area contributed by atoms with Gasteiger partial charge in [-0.15, -0.1) is 0 Å². The van der Waals surface area contributed by atoms with E-state index in [1.165, 1.54) is 6.08 Å². The number of allylic oxidation sites excluding steroid dienone is 4. The fourth-order valence-electron chi connectivity index (χ4n) is 2.61. The van der Waals surface area contributed by atoms with Gasteiger partial charge in [0.25, 0.3) is 0 Å². The third kappa shape index (κ3) is 5.66. The Morgan fingerprint density at radius 2 is 1.72 bits per heavy atom. The van der Waals surface area contributed by atoms with Gasteiger partial charge in [0.05, 0.1) is 16.7 Å². The molecule has 148 valence electrons. The Hall–Kier alpha value is -3.66. The SMILES string of the molecule is C=C/C(=C\C=C/C)C(=O)Oc1cccc(C)c1/C(=C\C)OC(=O)c1ccccc1. The van der Waals surface area contributed by atoms with Crippen molar-refractivity contribution in [3.63, 3.8) is 0 Å². The van der Waals surface area contributed by atoms with Crippen LogP contribution in [0.25, 0.3) is 5.76 Å². The second kappa shape index (κ2) is 10.6. The number of rotatable bonds is 7. The molecule has 0 aliphatic heterocycles. The molecule has 0 atom stereocenters. The van der Waals surface area contributed by atoms with E-state index in [0.29, 0.717) is 28.2 Å². The molecule has 0 amide bonds. The minimum absolute atomic E-state index is 0.303. The van der Waals surface area contributed by atoms with Crippen molar-refractivity contribution in [2.75, 3.05) is 0 Å². The lowest BCUT2D eigenvalue weighted by molar-refractivity contribution is -0.129. The van der Waals surface area contributed by atoms with Crippen molar-refractivity contribution in [1.29, 1.82) is 0 Å². The number of hydrogen-bond acceptors (Lipinski definition) is 4. The maximum Gasteiger partial charge on any atom is 0.343 e. The molecule has 0 bridgehead atoms. The first-order chi connectivity index (χ1) is 14.0. The van der Waals surface area contributed by atoms with Crippen molar-refractivity contribution in [3.8, 4) is 5.75 Å². The molecule has 4 nitrogen and oxygen atoms in total. The van der Waals surface area contributed by atoms with Crippen LogP contribution in [-0.4, -0.2) is 11.9 Å². The highest BCUT2D eigenvalue weighted by molar-refractivity contribution is 5.95. The Morgan fingerprint density at radius 1 is 1.00 bits per heavy atom. The zero-order valence-electron chi connectivity index (χ0n) is 16.8. The monoisotopic (exact) mass is 388 g/mol. The van der Waals surface area contributed by atoms with Gasteiger partial charge in [-0.1, -0.05) is 55.1 Å². The van der Waals surface area contributed by atoms with E-state index in [-0.39, 0.29) is 0 Å². The summed E-state index contributed by atoms with van der Waals surface area (Å²) >= 11 is 0. The minimum Gasteiger partial charge on any atom is -0.422 e. The normalized spacial score (nSPS) is 12.0. The van der Waals surface area contributed by atoms with Gasteiger partial charge >= 0.3 is 11.9 Å². The highest BCUT2D eigenvalue weighted by Gasteiger charge is 2.19. The van der Waals surface area contributed by atoms with Crippen LogP contribution in [0.4, 0.5) is 0 Å². The molecular weight excluding hydrogens is 364 g/mol. The molecule has 0 aromatic heterocycles. The molecular formula is C25H24O4. The molecule has 0 radical (unpaired) electrons. The van der Waals surface area contributed by atoms with Crippen LogP contribution in [0, 0.1) is 6.92 Å². The van der Waals surface area contributed by atoms with Gasteiger partial charge in [-0.2, -0.15) is 0 Å². The van der Waals surface area contributed by atoms with Gasteiger partial charge in [-0.25, -0.2) is 9.59 Å². The van der Waals surface area contributed by atoms with Crippen molar-refractivity contribution in [2.24, 2.45) is 0 Å². The van der Waals surface area contributed by atoms with Crippen LogP contribution in [0.3, 0.4) is 0 Å². The summed E-state index contributed by atoms with van der Waals surface area (Å²) in [5, 5.41) is 0. The number of benzene rings is 2. The average molecular weight is 388 g/mol. The Balaban J connectivity index is 2.36. The molecule has 29 heavy (non-hydrogen) atoms. The average Bonchev–Trinajstić information content (AvgIpc) is 2.73. The first-order valence-electron chi connectivity index (χ1n) is 9.23. The second-order valence-electron chi connectivity index (χ2n) is 6.10. The number of carbonyl (C=O) groups excluding carboxylic acids is 2. The third-order valence-corrected chi connectivity index (χ3v) is 4.08. The molecule has 2 aromatic carbocycles. The largest absolute Gasteiger partial charge is 0.422 e. The predicted octanol–water partition coefficient (Wildman–Crippen LogP) is 5.81. The molecule has 0 N–H and O–H groups in total. The lowest BCUT2D eigenvalue weighted by Crippen LogP contribution is -2.12. The summed E-state index contributed by atoms with van der Waals surface area (Å²) in [6.07, 6.45) is 8.26. The third-order valence-electron chi connectivity index (χ3n) is 4.08. The van der Waals surface area contributed by atoms with Crippen LogP contribution in [-0.2, 0) is 9.53 Å². The quantitative estimate of drug-likeness (QED) is 0.198. The number of carbonyl (C=O) groups is 2. The lowest BCUT2D eigenvalue weighted by atomic mass is 10.1. The van der Waals surface area contributed by atoms with Crippen LogP contribution < -0.4 is 4.74 Å². The van der Waals surface area contributed by atoms with E-state index < -0.39 is 11.9 Å². The molecule has 0 saturated carbocycles. The number of aryl methyl sites for hydroxylation is 1. The van der Waals surface area contributed by atoms with E-state index >= 15 is 0 Å². The molecule has 0 saturated heterocycles. The van der Waals surface area contributed by atoms with Crippen LogP contribution in [0.2, 0.25) is 0 Å². The van der Waals surface area contributed by atoms with Crippen LogP contribution >= 0.6 is 0 Å². The molecule has 4 heteroatoms. The number of hydrogen-bond donors (Lipinski definition) is 0. The van der Waals surface area contributed by atoms with Crippen LogP contribution in [0.15, 0.2) is 91.1 Å². The zero-order chi connectivity index (χ0) is 21.2. The lowest BCUT2D eigenvalue weighted by Gasteiger charge is -2.16. The smallest absolute Gasteiger partial charge is 0.343 e. The van der Waals surface area contributed by atoms with Gasteiger partial charge in [0.2, 0.25) is 0 Å². The topological polar surface area (TPSA) is 52.6 Å². The van der Waals surface area contributed by atoms with Gasteiger partial charge in [-0.05, 0) is 56.7 Å². The van der Waals surface area contributed by atoms with Gasteiger partial charge in [0.1, 0.15) is 11.5 Å². The summed E-state index contributed by atoms with van der Waals surface area (Å²) in [7, 11) is 0. The van der Waals surface area contributed by atoms with Crippen LogP contribution in [0.1, 0.15) is 35.3 Å². The van der Waals surface area contributed by atoms with E-state index in [4.69, 9.17) is 9.47 Å². The molecule has 0 unspecified atom stereocenters. The standard InChI is InChI=1S/C25H24O4/c1-5-8-14-19(6-2)24(26)29-22-17-12-13-18(4)23(22)21(7-3)28-25(27)20-15-10-9-11-16-20/h5-17H,2H2,1,3-4H3/b8-5-,19-14+,21-7+. The molecule has 0 aliphatic rings. The number of esters is 2. The Morgan fingerprint density at radius 3 is 2.34 bits per heavy atom. The highest BCUT2D eigenvalue weighted by atomic mass is 16.5. The summed E-state index contributed by atoms with van der Waals surface area (Å²) in [6.45, 7) is 9.12. The zero-order valence-corrected chi connectivity index (χ0v) is 16.8. The van der Waals surface area contributed by atoms with Crippen molar-refractivity contribution < 1.29 is 19.1 Å². The van der Waals surface area contributed by atoms with Crippen molar-refractivity contribution in [3.05, 3.63) is 108 Å². The van der Waals surface area contributed by atoms with E-state index in [0.717, 1.165) is 5.56 Å². The highest BCUT2D eigenvalue weighted by Crippen LogP contribution is 2.31. The first kappa shape index (κ1) is 21.6. The Labute approximate surface area is 171 Å². The Kier molecular flexibility index (Phi) is 7.92. The second-order valence-corrected chi connectivity index (χ2v) is 6.10. The molecule has 0 aliphatic carbocycles. The van der Waals surface area contributed by atoms with Crippen molar-refractivity contribution >= 4 is 17.7 Å². The van der Waals surface area contributed by atoms with Crippen LogP contribution in [0.5, 0.6) is 5.75 Å². The molecule has 2 aromatic rings. The predicted molar refractivity (Wildman–Crippen MR) is 115 cm³/mol. The maximum atomic E-state index is 12.5. The summed E-state index contributed by atoms with van der Waals surface area (Å²) in [6, 6.07) is 14.0. The Bertz CT molecular complexity index is 979. The maximum absolute atomic E-state index is 12.5. The van der Waals surface area contributed by atoms with E-state index in [1.54, 1.807) is 67.6 Å². The first-order valence-corrected chi connectivity index (χ1v) is 9.23. The van der Waals surface area contributed by atoms with Gasteiger partial charge in [0, 0.05) is 0 Å². The van der Waals surface area contributed by atoms with Gasteiger partial charge < -0.3 is 9.47 Å². The fraction of sp³-hybridized carbons (Fsp3) is 0.120. The summed E-state index contributed by atoms with van der Waals surface area (Å²) in [4.78, 5) is 25.0. The summed E-state index contributed by atoms with van der Waals surface area (Å²) in [5.41, 5.74) is 2.10. The van der Waals surface area contributed by atoms with Crippen molar-refractivity contribution in [1.82, 2.24) is 0 Å². The summed E-state index contributed by atoms with van der Waals surface area (Å²) in [5.74, 6) is -0.414. The van der Waals surface area contributed by atoms with Gasteiger partial charge in [0.15, 0.2) is 0 Å². The molecule has 0 spiro atoms. The van der Waals surface area contributed by atoms with Gasteiger partial charge in [-0.3, -0.25) is 0 Å².